The number of nitrogens with zero attached hydrogens (tertiary/aromatic N) is 1. The number of hydrogen-bond acceptors (Lipinski definition) is 3. The molecular formula is C19H17Cl2F3N2O3S. The highest BCUT2D eigenvalue weighted by atomic mass is 35.5. The molecule has 0 radical (unpaired) electrons. The summed E-state index contributed by atoms with van der Waals surface area (Å²) >= 11 is 11.9. The van der Waals surface area contributed by atoms with Gasteiger partial charge < -0.3 is 5.32 Å². The Morgan fingerprint density at radius 2 is 1.63 bits per heavy atom. The molecule has 30 heavy (non-hydrogen) atoms. The summed E-state index contributed by atoms with van der Waals surface area (Å²) in [5.41, 5.74) is -0.563. The van der Waals surface area contributed by atoms with Gasteiger partial charge in [-0.25, -0.2) is 8.42 Å². The second-order valence-corrected chi connectivity index (χ2v) is 9.57. The molecule has 1 aliphatic heterocycles. The summed E-state index contributed by atoms with van der Waals surface area (Å²) in [6, 6.07) is 8.31. The Hall–Kier alpha value is -1.81. The van der Waals surface area contributed by atoms with E-state index in [-0.39, 0.29) is 52.5 Å². The van der Waals surface area contributed by atoms with Gasteiger partial charge in [-0.1, -0.05) is 23.2 Å². The highest BCUT2D eigenvalue weighted by molar-refractivity contribution is 7.89. The number of anilines is 1. The molecule has 1 saturated heterocycles. The van der Waals surface area contributed by atoms with Gasteiger partial charge in [-0.15, -0.1) is 0 Å². The average Bonchev–Trinajstić information content (AvgIpc) is 2.69. The van der Waals surface area contributed by atoms with Crippen LogP contribution in [0, 0.1) is 5.92 Å². The molecule has 1 N–H and O–H groups in total. The molecule has 5 nitrogen and oxygen atoms in total. The van der Waals surface area contributed by atoms with Gasteiger partial charge in [0.25, 0.3) is 0 Å². The fraction of sp³-hybridized carbons (Fsp3) is 0.316. The van der Waals surface area contributed by atoms with Crippen LogP contribution in [0.1, 0.15) is 18.4 Å². The number of carbonyl (C=O) groups excluding carboxylic acids is 1. The van der Waals surface area contributed by atoms with Crippen molar-refractivity contribution in [2.45, 2.75) is 23.9 Å². The van der Waals surface area contributed by atoms with Crippen molar-refractivity contribution >= 4 is 44.8 Å². The molecule has 1 aliphatic rings. The first kappa shape index (κ1) is 22.9. The topological polar surface area (TPSA) is 66.5 Å². The molecule has 11 heteroatoms. The smallest absolute Gasteiger partial charge is 0.326 e. The molecule has 0 unspecified atom stereocenters. The van der Waals surface area contributed by atoms with E-state index in [4.69, 9.17) is 23.2 Å². The van der Waals surface area contributed by atoms with E-state index in [9.17, 15) is 26.4 Å². The van der Waals surface area contributed by atoms with Crippen molar-refractivity contribution < 1.29 is 26.4 Å². The van der Waals surface area contributed by atoms with E-state index in [2.05, 4.69) is 5.32 Å². The first-order valence-electron chi connectivity index (χ1n) is 8.92. The fourth-order valence-corrected chi connectivity index (χ4v) is 5.37. The minimum Gasteiger partial charge on any atom is -0.326 e. The van der Waals surface area contributed by atoms with Crippen LogP contribution in [-0.2, 0) is 21.0 Å². The van der Waals surface area contributed by atoms with Gasteiger partial charge in [0.05, 0.1) is 10.6 Å². The number of halogens is 5. The highest BCUT2D eigenvalue weighted by Gasteiger charge is 2.34. The molecule has 0 spiro atoms. The molecule has 0 saturated carbocycles. The minimum absolute atomic E-state index is 0.0570. The van der Waals surface area contributed by atoms with Gasteiger partial charge in [-0.05, 0) is 55.3 Å². The predicted molar refractivity (Wildman–Crippen MR) is 108 cm³/mol. The Labute approximate surface area is 181 Å². The summed E-state index contributed by atoms with van der Waals surface area (Å²) in [6.07, 6.45) is -3.92. The number of rotatable bonds is 4. The first-order valence-corrected chi connectivity index (χ1v) is 11.1. The predicted octanol–water partition coefficient (Wildman–Crippen LogP) is 5.05. The van der Waals surface area contributed by atoms with Crippen molar-refractivity contribution in [3.05, 3.63) is 58.1 Å². The molecule has 1 heterocycles. The van der Waals surface area contributed by atoms with E-state index in [1.165, 1.54) is 34.6 Å². The van der Waals surface area contributed by atoms with Crippen molar-refractivity contribution in [2.75, 3.05) is 18.4 Å². The van der Waals surface area contributed by atoms with Gasteiger partial charge >= 0.3 is 6.18 Å². The number of benzene rings is 2. The molecule has 1 amide bonds. The van der Waals surface area contributed by atoms with Gasteiger partial charge in [0.2, 0.25) is 15.9 Å². The zero-order valence-corrected chi connectivity index (χ0v) is 17.7. The van der Waals surface area contributed by atoms with Crippen LogP contribution in [0.4, 0.5) is 18.9 Å². The van der Waals surface area contributed by atoms with Crippen LogP contribution in [-0.4, -0.2) is 31.7 Å². The van der Waals surface area contributed by atoms with Gasteiger partial charge in [0.1, 0.15) is 4.90 Å². The Morgan fingerprint density at radius 3 is 2.20 bits per heavy atom. The lowest BCUT2D eigenvalue weighted by molar-refractivity contribution is -0.137. The van der Waals surface area contributed by atoms with Crippen LogP contribution in [0.15, 0.2) is 47.4 Å². The standard InChI is InChI=1S/C19H17Cl2F3N2O3S/c20-14-3-6-16(21)17(11-14)30(28,29)26-9-7-12(8-10-26)18(27)25-15-4-1-13(2-5-15)19(22,23)24/h1-6,11-12H,7-10H2,(H,25,27). The summed E-state index contributed by atoms with van der Waals surface area (Å²) < 4.78 is 64.8. The van der Waals surface area contributed by atoms with Crippen molar-refractivity contribution in [3.63, 3.8) is 0 Å². The van der Waals surface area contributed by atoms with E-state index >= 15 is 0 Å². The molecule has 0 bridgehead atoms. The average molecular weight is 481 g/mol. The summed E-state index contributed by atoms with van der Waals surface area (Å²) in [5.74, 6) is -0.832. The lowest BCUT2D eigenvalue weighted by atomic mass is 9.97. The van der Waals surface area contributed by atoms with Crippen LogP contribution in [0.25, 0.3) is 0 Å². The molecule has 1 fully saturated rings. The van der Waals surface area contributed by atoms with Gasteiger partial charge in [-0.2, -0.15) is 17.5 Å². The van der Waals surface area contributed by atoms with E-state index in [0.717, 1.165) is 12.1 Å². The van der Waals surface area contributed by atoms with Crippen LogP contribution < -0.4 is 5.32 Å². The van der Waals surface area contributed by atoms with Crippen LogP contribution in [0.5, 0.6) is 0 Å². The zero-order chi connectivity index (χ0) is 22.1. The maximum Gasteiger partial charge on any atom is 0.416 e. The molecule has 162 valence electrons. The molecule has 0 aromatic heterocycles. The van der Waals surface area contributed by atoms with Crippen molar-refractivity contribution in [2.24, 2.45) is 5.92 Å². The second-order valence-electron chi connectivity index (χ2n) is 6.82. The van der Waals surface area contributed by atoms with Crippen molar-refractivity contribution in [3.8, 4) is 0 Å². The fourth-order valence-electron chi connectivity index (χ4n) is 3.16. The Morgan fingerprint density at radius 1 is 1.03 bits per heavy atom. The summed E-state index contributed by atoms with van der Waals surface area (Å²) in [5, 5.41) is 2.88. The van der Waals surface area contributed by atoms with Crippen LogP contribution in [0.3, 0.4) is 0 Å². The first-order chi connectivity index (χ1) is 14.0. The second kappa shape index (κ2) is 8.74. The normalized spacial score (nSPS) is 16.4. The SMILES string of the molecule is O=C(Nc1ccc(C(F)(F)F)cc1)C1CCN(S(=O)(=O)c2cc(Cl)ccc2Cl)CC1. The number of amides is 1. The molecule has 0 aliphatic carbocycles. The molecule has 2 aromatic rings. The largest absolute Gasteiger partial charge is 0.416 e. The summed E-state index contributed by atoms with van der Waals surface area (Å²) in [6.45, 7) is 0.215. The van der Waals surface area contributed by atoms with E-state index < -0.39 is 27.7 Å². The van der Waals surface area contributed by atoms with Crippen LogP contribution >= 0.6 is 23.2 Å². The number of hydrogen-bond donors (Lipinski definition) is 1. The molecular weight excluding hydrogens is 464 g/mol. The van der Waals surface area contributed by atoms with Gasteiger partial charge in [0.15, 0.2) is 0 Å². The van der Waals surface area contributed by atoms with E-state index in [1.807, 2.05) is 0 Å². The van der Waals surface area contributed by atoms with Gasteiger partial charge in [0, 0.05) is 29.7 Å². The Bertz CT molecular complexity index is 1040. The number of piperidine rings is 1. The third-order valence-electron chi connectivity index (χ3n) is 4.82. The third-order valence-corrected chi connectivity index (χ3v) is 7.43. The number of sulfonamides is 1. The van der Waals surface area contributed by atoms with E-state index in [0.29, 0.717) is 0 Å². The van der Waals surface area contributed by atoms with Crippen molar-refractivity contribution in [1.82, 2.24) is 4.31 Å². The number of alkyl halides is 3. The maximum absolute atomic E-state index is 12.8. The minimum atomic E-state index is -4.45. The highest BCUT2D eigenvalue weighted by Crippen LogP contribution is 2.32. The number of carbonyl (C=O) groups is 1. The van der Waals surface area contributed by atoms with Gasteiger partial charge in [-0.3, -0.25) is 4.79 Å². The zero-order valence-electron chi connectivity index (χ0n) is 15.4. The third kappa shape index (κ3) is 5.08. The maximum atomic E-state index is 12.8. The summed E-state index contributed by atoms with van der Waals surface area (Å²) in [7, 11) is -3.86. The lowest BCUT2D eigenvalue weighted by Crippen LogP contribution is -2.41. The van der Waals surface area contributed by atoms with Crippen LogP contribution in [0.2, 0.25) is 10.0 Å². The summed E-state index contributed by atoms with van der Waals surface area (Å²) in [4.78, 5) is 12.3. The lowest BCUT2D eigenvalue weighted by Gasteiger charge is -2.30. The quantitative estimate of drug-likeness (QED) is 0.665. The number of nitrogens with one attached hydrogen (secondary N) is 1. The Kier molecular flexibility index (Phi) is 6.66. The Balaban J connectivity index is 1.62. The molecule has 3 rings (SSSR count). The van der Waals surface area contributed by atoms with Crippen molar-refractivity contribution in [1.29, 1.82) is 0 Å². The van der Waals surface area contributed by atoms with E-state index in [1.54, 1.807) is 0 Å². The molecule has 0 atom stereocenters. The monoisotopic (exact) mass is 480 g/mol. The molecule has 2 aromatic carbocycles.